The molecule has 2 fully saturated rings. The van der Waals surface area contributed by atoms with Crippen molar-refractivity contribution >= 4 is 5.91 Å². The lowest BCUT2D eigenvalue weighted by Gasteiger charge is -2.38. The Morgan fingerprint density at radius 1 is 1.16 bits per heavy atom. The van der Waals surface area contributed by atoms with E-state index in [-0.39, 0.29) is 0 Å². The van der Waals surface area contributed by atoms with Gasteiger partial charge in [0.05, 0.1) is 6.54 Å². The van der Waals surface area contributed by atoms with Crippen molar-refractivity contribution in [3.8, 4) is 0 Å². The van der Waals surface area contributed by atoms with Gasteiger partial charge in [-0.2, -0.15) is 0 Å². The number of benzene rings is 1. The molecule has 2 heterocycles. The van der Waals surface area contributed by atoms with E-state index >= 15 is 0 Å². The fraction of sp³-hybridized carbons (Fsp3) is 0.562. The number of nitrogens with zero attached hydrogens (tertiary/aromatic N) is 2. The molecule has 2 atom stereocenters. The molecule has 3 heteroatoms. The van der Waals surface area contributed by atoms with Crippen LogP contribution in [0.15, 0.2) is 30.3 Å². The number of likely N-dealkylation sites (N-methyl/N-ethyl adjacent to an activating group) is 1. The Bertz CT molecular complexity index is 445. The first-order chi connectivity index (χ1) is 9.25. The molecule has 102 valence electrons. The van der Waals surface area contributed by atoms with Crippen LogP contribution in [0.3, 0.4) is 0 Å². The minimum Gasteiger partial charge on any atom is -0.338 e. The summed E-state index contributed by atoms with van der Waals surface area (Å²) in [6.45, 7) is 2.50. The van der Waals surface area contributed by atoms with Crippen molar-refractivity contribution in [3.05, 3.63) is 35.9 Å². The van der Waals surface area contributed by atoms with Crippen molar-refractivity contribution in [2.24, 2.45) is 0 Å². The van der Waals surface area contributed by atoms with Gasteiger partial charge in [0, 0.05) is 25.0 Å². The fourth-order valence-corrected chi connectivity index (χ4v) is 3.56. The zero-order chi connectivity index (χ0) is 13.2. The molecule has 1 aromatic rings. The van der Waals surface area contributed by atoms with Crippen LogP contribution in [0.2, 0.25) is 0 Å². The largest absolute Gasteiger partial charge is 0.338 e. The van der Waals surface area contributed by atoms with Gasteiger partial charge in [0.25, 0.3) is 0 Å². The second kappa shape index (κ2) is 5.33. The molecule has 2 aliphatic rings. The molecule has 3 nitrogen and oxygen atoms in total. The van der Waals surface area contributed by atoms with E-state index in [0.29, 0.717) is 24.4 Å². The van der Waals surface area contributed by atoms with Crippen molar-refractivity contribution < 1.29 is 4.79 Å². The van der Waals surface area contributed by atoms with E-state index in [4.69, 9.17) is 0 Å². The molecular weight excluding hydrogens is 236 g/mol. The van der Waals surface area contributed by atoms with Gasteiger partial charge in [0.2, 0.25) is 5.91 Å². The van der Waals surface area contributed by atoms with E-state index in [2.05, 4.69) is 47.2 Å². The lowest BCUT2D eigenvalue weighted by atomic mass is 9.85. The minimum atomic E-state index is 0.311. The Labute approximate surface area is 115 Å². The number of hydrogen-bond donors (Lipinski definition) is 0. The van der Waals surface area contributed by atoms with Crippen LogP contribution in [0, 0.1) is 0 Å². The van der Waals surface area contributed by atoms with Gasteiger partial charge in [0.15, 0.2) is 0 Å². The van der Waals surface area contributed by atoms with Crippen molar-refractivity contribution in [2.75, 3.05) is 26.7 Å². The summed E-state index contributed by atoms with van der Waals surface area (Å²) in [5.74, 6) is 0.767. The summed E-state index contributed by atoms with van der Waals surface area (Å²) in [4.78, 5) is 16.6. The summed E-state index contributed by atoms with van der Waals surface area (Å²) < 4.78 is 0. The third-order valence-electron chi connectivity index (χ3n) is 4.48. The van der Waals surface area contributed by atoms with Crippen molar-refractivity contribution in [2.45, 2.75) is 31.2 Å². The molecule has 0 bridgehead atoms. The first-order valence-electron chi connectivity index (χ1n) is 7.28. The zero-order valence-corrected chi connectivity index (χ0v) is 11.6. The summed E-state index contributed by atoms with van der Waals surface area (Å²) in [7, 11) is 2.06. The van der Waals surface area contributed by atoms with E-state index in [1.54, 1.807) is 0 Å². The van der Waals surface area contributed by atoms with Crippen molar-refractivity contribution in [1.29, 1.82) is 0 Å². The van der Waals surface area contributed by atoms with Gasteiger partial charge in [-0.1, -0.05) is 30.3 Å². The Morgan fingerprint density at radius 3 is 2.74 bits per heavy atom. The van der Waals surface area contributed by atoms with Gasteiger partial charge in [-0.05, 0) is 31.9 Å². The third-order valence-corrected chi connectivity index (χ3v) is 4.48. The molecule has 0 N–H and O–H groups in total. The van der Waals surface area contributed by atoms with Crippen LogP contribution in [0.1, 0.15) is 30.7 Å². The summed E-state index contributed by atoms with van der Waals surface area (Å²) in [5.41, 5.74) is 1.38. The van der Waals surface area contributed by atoms with Gasteiger partial charge in [0.1, 0.15) is 0 Å². The molecule has 1 aromatic carbocycles. The molecule has 0 unspecified atom stereocenters. The molecular formula is C16H22N2O. The topological polar surface area (TPSA) is 23.6 Å². The number of rotatable bonds is 1. The Kier molecular flexibility index (Phi) is 3.56. The lowest BCUT2D eigenvalue weighted by Crippen LogP contribution is -2.46. The Morgan fingerprint density at radius 2 is 1.95 bits per heavy atom. The van der Waals surface area contributed by atoms with Gasteiger partial charge in [-0.15, -0.1) is 0 Å². The summed E-state index contributed by atoms with van der Waals surface area (Å²) >= 11 is 0. The van der Waals surface area contributed by atoms with Crippen LogP contribution in [-0.4, -0.2) is 48.4 Å². The first-order valence-corrected chi connectivity index (χ1v) is 7.28. The molecule has 2 aliphatic heterocycles. The highest BCUT2D eigenvalue weighted by molar-refractivity contribution is 5.79. The Hall–Kier alpha value is -1.35. The standard InChI is InChI=1S/C16H22N2O/c1-17-11-14(13-7-3-2-4-8-13)15-9-5-6-10-18(15)16(19)12-17/h2-4,7-8,14-15H,5-6,9-12H2,1H3/t14-,15-/m0/s1. The number of piperidine rings is 1. The van der Waals surface area contributed by atoms with Gasteiger partial charge >= 0.3 is 0 Å². The third kappa shape index (κ3) is 2.52. The summed E-state index contributed by atoms with van der Waals surface area (Å²) in [5, 5.41) is 0. The van der Waals surface area contributed by atoms with E-state index < -0.39 is 0 Å². The van der Waals surface area contributed by atoms with Crippen molar-refractivity contribution in [1.82, 2.24) is 9.80 Å². The predicted octanol–water partition coefficient (Wildman–Crippen LogP) is 2.10. The summed E-state index contributed by atoms with van der Waals surface area (Å²) in [6, 6.07) is 11.1. The second-order valence-corrected chi connectivity index (χ2v) is 5.86. The maximum absolute atomic E-state index is 12.3. The average Bonchev–Trinajstić information content (AvgIpc) is 2.57. The van der Waals surface area contributed by atoms with Gasteiger partial charge in [-0.25, -0.2) is 0 Å². The number of carbonyl (C=O) groups excluding carboxylic acids is 1. The first kappa shape index (κ1) is 12.7. The molecule has 19 heavy (non-hydrogen) atoms. The van der Waals surface area contributed by atoms with E-state index in [0.717, 1.165) is 25.9 Å². The highest BCUT2D eigenvalue weighted by Crippen LogP contribution is 2.33. The number of carbonyl (C=O) groups is 1. The van der Waals surface area contributed by atoms with Gasteiger partial charge < -0.3 is 4.90 Å². The van der Waals surface area contributed by atoms with E-state index in [1.165, 1.54) is 12.0 Å². The molecule has 0 radical (unpaired) electrons. The SMILES string of the molecule is CN1CC(=O)N2CCCC[C@H]2[C@H](c2ccccc2)C1. The van der Waals surface area contributed by atoms with Crippen LogP contribution in [0.5, 0.6) is 0 Å². The number of fused-ring (bicyclic) bond motifs is 1. The fourth-order valence-electron chi connectivity index (χ4n) is 3.56. The smallest absolute Gasteiger partial charge is 0.237 e. The quantitative estimate of drug-likeness (QED) is 0.770. The molecule has 0 aliphatic carbocycles. The van der Waals surface area contributed by atoms with Crippen LogP contribution < -0.4 is 0 Å². The lowest BCUT2D eigenvalue weighted by molar-refractivity contribution is -0.134. The van der Waals surface area contributed by atoms with Crippen LogP contribution in [0.25, 0.3) is 0 Å². The maximum atomic E-state index is 12.3. The predicted molar refractivity (Wildman–Crippen MR) is 76.0 cm³/mol. The highest BCUT2D eigenvalue weighted by atomic mass is 16.2. The van der Waals surface area contributed by atoms with Crippen LogP contribution in [0.4, 0.5) is 0 Å². The minimum absolute atomic E-state index is 0.311. The molecule has 0 saturated carbocycles. The number of hydrogen-bond acceptors (Lipinski definition) is 2. The zero-order valence-electron chi connectivity index (χ0n) is 11.6. The molecule has 2 saturated heterocycles. The Balaban J connectivity index is 1.94. The summed E-state index contributed by atoms with van der Waals surface area (Å²) in [6.07, 6.45) is 3.56. The molecule has 3 rings (SSSR count). The molecule has 1 amide bonds. The maximum Gasteiger partial charge on any atom is 0.237 e. The average molecular weight is 258 g/mol. The van der Waals surface area contributed by atoms with Crippen molar-refractivity contribution in [3.63, 3.8) is 0 Å². The monoisotopic (exact) mass is 258 g/mol. The van der Waals surface area contributed by atoms with Crippen LogP contribution >= 0.6 is 0 Å². The molecule has 0 aromatic heterocycles. The van der Waals surface area contributed by atoms with Crippen LogP contribution in [-0.2, 0) is 4.79 Å². The highest BCUT2D eigenvalue weighted by Gasteiger charge is 2.37. The van der Waals surface area contributed by atoms with E-state index in [1.807, 2.05) is 0 Å². The normalized spacial score (nSPS) is 28.9. The molecule has 0 spiro atoms. The van der Waals surface area contributed by atoms with Gasteiger partial charge in [-0.3, -0.25) is 9.69 Å². The second-order valence-electron chi connectivity index (χ2n) is 5.86. The number of amides is 1. The van der Waals surface area contributed by atoms with E-state index in [9.17, 15) is 4.79 Å².